The zero-order valence-corrected chi connectivity index (χ0v) is 4.20. The van der Waals surface area contributed by atoms with Gasteiger partial charge in [0.25, 0.3) is 0 Å². The number of aliphatic hydroxyl groups is 1. The monoisotopic (exact) mass is 104 g/mol. The molecule has 3 N–H and O–H groups in total. The molecule has 0 aromatic heterocycles. The highest BCUT2D eigenvalue weighted by Crippen LogP contribution is 1.89. The van der Waals surface area contributed by atoms with Crippen LogP contribution in [-0.4, -0.2) is 28.4 Å². The van der Waals surface area contributed by atoms with E-state index in [1.165, 1.54) is 6.92 Å². The van der Waals surface area contributed by atoms with Crippen molar-refractivity contribution in [3.8, 4) is 0 Å². The van der Waals surface area contributed by atoms with Crippen molar-refractivity contribution < 1.29 is 15.2 Å². The van der Waals surface area contributed by atoms with Crippen LogP contribution in [-0.2, 0) is 0 Å². The number of hydrogen-bond donors (Lipinski definition) is 3. The van der Waals surface area contributed by atoms with Crippen LogP contribution in [0.15, 0.2) is 0 Å². The summed E-state index contributed by atoms with van der Waals surface area (Å²) in [7, 11) is -1.38. The first-order chi connectivity index (χ1) is 3.13. The maximum atomic E-state index is 8.40. The van der Waals surface area contributed by atoms with Crippen molar-refractivity contribution in [2.75, 3.05) is 0 Å². The molecule has 1 unspecified atom stereocenters. The topological polar surface area (TPSA) is 60.7 Å². The molecule has 0 rings (SSSR count). The smallest absolute Gasteiger partial charge is 0.427 e. The minimum Gasteiger partial charge on any atom is -0.427 e. The summed E-state index contributed by atoms with van der Waals surface area (Å²) in [6.45, 7) is 1.50. The molecule has 0 radical (unpaired) electrons. The van der Waals surface area contributed by atoms with Crippen LogP contribution in [0.25, 0.3) is 0 Å². The Labute approximate surface area is 42.7 Å². The van der Waals surface area contributed by atoms with Gasteiger partial charge in [-0.05, 0) is 6.92 Å². The van der Waals surface area contributed by atoms with Gasteiger partial charge in [-0.25, -0.2) is 0 Å². The highest BCUT2D eigenvalue weighted by Gasteiger charge is 2.08. The Morgan fingerprint density at radius 2 is 2.00 bits per heavy atom. The third kappa shape index (κ3) is 5.94. The summed E-state index contributed by atoms with van der Waals surface area (Å²) in [4.78, 5) is 0. The van der Waals surface area contributed by atoms with Crippen LogP contribution >= 0.6 is 0 Å². The highest BCUT2D eigenvalue weighted by atomic mass is 16.4. The zero-order valence-electron chi connectivity index (χ0n) is 4.20. The molecule has 0 bridgehead atoms. The average molecular weight is 104 g/mol. The maximum absolute atomic E-state index is 8.40. The first kappa shape index (κ1) is 6.94. The molecule has 4 heteroatoms. The Morgan fingerprint density at radius 1 is 1.57 bits per heavy atom. The van der Waals surface area contributed by atoms with Crippen molar-refractivity contribution in [1.82, 2.24) is 0 Å². The summed E-state index contributed by atoms with van der Waals surface area (Å²) < 4.78 is 0. The van der Waals surface area contributed by atoms with Gasteiger partial charge in [-0.3, -0.25) is 0 Å². The first-order valence-electron chi connectivity index (χ1n) is 2.17. The van der Waals surface area contributed by atoms with Gasteiger partial charge in [0.05, 0.1) is 0 Å². The minimum atomic E-state index is -1.38. The van der Waals surface area contributed by atoms with Gasteiger partial charge in [-0.2, -0.15) is 0 Å². The van der Waals surface area contributed by atoms with E-state index in [9.17, 15) is 0 Å². The number of rotatable bonds is 2. The van der Waals surface area contributed by atoms with Crippen LogP contribution in [0.2, 0.25) is 6.32 Å². The fraction of sp³-hybridized carbons (Fsp3) is 1.00. The molecule has 0 aromatic rings. The van der Waals surface area contributed by atoms with E-state index in [0.717, 1.165) is 0 Å². The molecule has 0 fully saturated rings. The van der Waals surface area contributed by atoms with Crippen LogP contribution in [0.5, 0.6) is 0 Å². The molecule has 7 heavy (non-hydrogen) atoms. The second kappa shape index (κ2) is 3.01. The van der Waals surface area contributed by atoms with Crippen LogP contribution < -0.4 is 0 Å². The molecular formula is C3H9BO3. The van der Waals surface area contributed by atoms with Crippen molar-refractivity contribution in [3.63, 3.8) is 0 Å². The Hall–Kier alpha value is -0.0551. The van der Waals surface area contributed by atoms with E-state index in [1.54, 1.807) is 0 Å². The predicted molar refractivity (Wildman–Crippen MR) is 26.7 cm³/mol. The molecule has 0 aliphatic rings. The first-order valence-corrected chi connectivity index (χ1v) is 2.17. The molecule has 0 heterocycles. The molecule has 0 aliphatic heterocycles. The largest absolute Gasteiger partial charge is 0.454 e. The van der Waals surface area contributed by atoms with E-state index < -0.39 is 13.2 Å². The molecule has 0 saturated heterocycles. The van der Waals surface area contributed by atoms with Gasteiger partial charge in [-0.15, -0.1) is 0 Å². The number of aliphatic hydroxyl groups excluding tert-OH is 1. The third-order valence-corrected chi connectivity index (χ3v) is 0.552. The van der Waals surface area contributed by atoms with Crippen LogP contribution in [0.3, 0.4) is 0 Å². The Balaban J connectivity index is 2.95. The van der Waals surface area contributed by atoms with Crippen LogP contribution in [0.1, 0.15) is 6.92 Å². The van der Waals surface area contributed by atoms with Gasteiger partial charge >= 0.3 is 7.12 Å². The van der Waals surface area contributed by atoms with E-state index in [-0.39, 0.29) is 6.32 Å². The lowest BCUT2D eigenvalue weighted by molar-refractivity contribution is 0.204. The molecule has 0 aromatic carbocycles. The lowest BCUT2D eigenvalue weighted by atomic mass is 9.84. The van der Waals surface area contributed by atoms with Crippen LogP contribution in [0, 0.1) is 0 Å². The summed E-state index contributed by atoms with van der Waals surface area (Å²) >= 11 is 0. The second-order valence-corrected chi connectivity index (χ2v) is 1.57. The van der Waals surface area contributed by atoms with E-state index in [4.69, 9.17) is 15.2 Å². The SMILES string of the molecule is CC(O)CB(O)O. The molecule has 1 atom stereocenters. The Morgan fingerprint density at radius 3 is 2.00 bits per heavy atom. The van der Waals surface area contributed by atoms with Crippen molar-refractivity contribution in [2.24, 2.45) is 0 Å². The van der Waals surface area contributed by atoms with E-state index in [1.807, 2.05) is 0 Å². The molecule has 0 aliphatic carbocycles. The van der Waals surface area contributed by atoms with Gasteiger partial charge < -0.3 is 15.2 Å². The van der Waals surface area contributed by atoms with Gasteiger partial charge in [0.15, 0.2) is 0 Å². The molecule has 0 saturated carbocycles. The normalized spacial score (nSPS) is 13.7. The van der Waals surface area contributed by atoms with E-state index >= 15 is 0 Å². The van der Waals surface area contributed by atoms with Crippen molar-refractivity contribution in [3.05, 3.63) is 0 Å². The standard InChI is InChI=1S/C3H9BO3/c1-3(5)2-4(6)7/h3,5-7H,2H2,1H3. The summed E-state index contributed by atoms with van der Waals surface area (Å²) in [5, 5.41) is 24.6. The van der Waals surface area contributed by atoms with E-state index in [2.05, 4.69) is 0 Å². The lowest BCUT2D eigenvalue weighted by Gasteiger charge is -1.98. The van der Waals surface area contributed by atoms with Gasteiger partial charge in [0, 0.05) is 12.4 Å². The molecule has 42 valence electrons. The van der Waals surface area contributed by atoms with Crippen molar-refractivity contribution in [2.45, 2.75) is 19.3 Å². The highest BCUT2D eigenvalue weighted by molar-refractivity contribution is 6.41. The fourth-order valence-electron chi connectivity index (χ4n) is 0.305. The summed E-state index contributed by atoms with van der Waals surface area (Å²) in [5.74, 6) is 0. The minimum absolute atomic E-state index is 0.0278. The predicted octanol–water partition coefficient (Wildman–Crippen LogP) is -1.16. The quantitative estimate of drug-likeness (QED) is 0.387. The van der Waals surface area contributed by atoms with Gasteiger partial charge in [-0.1, -0.05) is 0 Å². The van der Waals surface area contributed by atoms with E-state index in [0.29, 0.717) is 0 Å². The Kier molecular flexibility index (Phi) is 2.99. The molecule has 0 spiro atoms. The summed E-state index contributed by atoms with van der Waals surface area (Å²) in [6, 6.07) is 0. The van der Waals surface area contributed by atoms with Crippen molar-refractivity contribution in [1.29, 1.82) is 0 Å². The second-order valence-electron chi connectivity index (χ2n) is 1.57. The average Bonchev–Trinajstić information content (AvgIpc) is 1.27. The third-order valence-electron chi connectivity index (χ3n) is 0.552. The number of hydrogen-bond acceptors (Lipinski definition) is 3. The van der Waals surface area contributed by atoms with Crippen LogP contribution in [0.4, 0.5) is 0 Å². The van der Waals surface area contributed by atoms with Gasteiger partial charge in [0.1, 0.15) is 0 Å². The summed E-state index contributed by atoms with van der Waals surface area (Å²) in [6.07, 6.45) is -0.597. The molecular weight excluding hydrogens is 94.8 g/mol. The molecule has 0 amide bonds. The zero-order chi connectivity index (χ0) is 5.86. The van der Waals surface area contributed by atoms with Gasteiger partial charge in [0.2, 0.25) is 0 Å². The maximum Gasteiger partial charge on any atom is 0.454 e. The molecule has 3 nitrogen and oxygen atoms in total. The summed E-state index contributed by atoms with van der Waals surface area (Å²) in [5.41, 5.74) is 0. The van der Waals surface area contributed by atoms with Crippen molar-refractivity contribution >= 4 is 7.12 Å². The Bertz CT molecular complexity index is 39.4. The lowest BCUT2D eigenvalue weighted by Crippen LogP contribution is -2.17. The fourth-order valence-corrected chi connectivity index (χ4v) is 0.305.